The van der Waals surface area contributed by atoms with Gasteiger partial charge < -0.3 is 15.5 Å². The number of aliphatic imine (C=N–C) groups is 1. The van der Waals surface area contributed by atoms with Crippen molar-refractivity contribution < 1.29 is 4.79 Å². The van der Waals surface area contributed by atoms with Crippen molar-refractivity contribution in [1.29, 1.82) is 0 Å². The highest BCUT2D eigenvalue weighted by atomic mass is 127. The molecule has 0 heterocycles. The molecule has 1 aromatic carbocycles. The van der Waals surface area contributed by atoms with Crippen LogP contribution in [0, 0.1) is 0 Å². The van der Waals surface area contributed by atoms with Crippen molar-refractivity contribution >= 4 is 35.8 Å². The molecule has 0 aliphatic heterocycles. The average Bonchev–Trinajstić information content (AvgIpc) is 3.14. The van der Waals surface area contributed by atoms with Gasteiger partial charge in [0, 0.05) is 31.2 Å². The lowest BCUT2D eigenvalue weighted by molar-refractivity contribution is 0.0773. The average molecular weight is 470 g/mol. The number of carbonyl (C=O) groups excluding carboxylic acids is 1. The summed E-state index contributed by atoms with van der Waals surface area (Å²) in [4.78, 5) is 18.8. The third-order valence-corrected chi connectivity index (χ3v) is 4.36. The van der Waals surface area contributed by atoms with Gasteiger partial charge in [0.1, 0.15) is 0 Å². The Morgan fingerprint density at radius 1 is 1.12 bits per heavy atom. The van der Waals surface area contributed by atoms with Crippen LogP contribution in [0.3, 0.4) is 0 Å². The Kier molecular flexibility index (Phi) is 10.3. The number of carbonyl (C=O) groups is 1. The smallest absolute Gasteiger partial charge is 0.253 e. The Labute approximate surface area is 174 Å². The minimum Gasteiger partial charge on any atom is -0.357 e. The van der Waals surface area contributed by atoms with Crippen molar-refractivity contribution in [3.05, 3.63) is 47.5 Å². The first-order valence-corrected chi connectivity index (χ1v) is 9.25. The first-order chi connectivity index (χ1) is 12.2. The van der Waals surface area contributed by atoms with E-state index in [0.29, 0.717) is 12.6 Å². The summed E-state index contributed by atoms with van der Waals surface area (Å²) in [5.41, 5.74) is 1.83. The molecule has 5 nitrogen and oxygen atoms in total. The first-order valence-electron chi connectivity index (χ1n) is 9.25. The van der Waals surface area contributed by atoms with Gasteiger partial charge in [-0.1, -0.05) is 24.3 Å². The fourth-order valence-corrected chi connectivity index (χ4v) is 2.86. The van der Waals surface area contributed by atoms with Crippen LogP contribution in [0.5, 0.6) is 0 Å². The van der Waals surface area contributed by atoms with Crippen molar-refractivity contribution in [2.75, 3.05) is 19.6 Å². The van der Waals surface area contributed by atoms with E-state index in [1.165, 1.54) is 0 Å². The lowest BCUT2D eigenvalue weighted by Crippen LogP contribution is -2.42. The van der Waals surface area contributed by atoms with E-state index in [1.54, 1.807) is 0 Å². The van der Waals surface area contributed by atoms with Crippen molar-refractivity contribution in [1.82, 2.24) is 15.5 Å². The first kappa shape index (κ1) is 22.5. The summed E-state index contributed by atoms with van der Waals surface area (Å²) in [5.74, 6) is 0.934. The van der Waals surface area contributed by atoms with Crippen LogP contribution in [0.4, 0.5) is 0 Å². The van der Waals surface area contributed by atoms with E-state index in [1.807, 2.05) is 43.0 Å². The summed E-state index contributed by atoms with van der Waals surface area (Å²) in [6.45, 7) is 8.96. The third kappa shape index (κ3) is 6.63. The van der Waals surface area contributed by atoms with Crippen LogP contribution in [-0.2, 0) is 6.54 Å². The number of hydrogen-bond donors (Lipinski definition) is 2. The predicted octanol–water partition coefficient (Wildman–Crippen LogP) is 3.56. The highest BCUT2D eigenvalue weighted by Gasteiger charge is 2.13. The topological polar surface area (TPSA) is 56.7 Å². The molecule has 0 bridgehead atoms. The zero-order valence-electron chi connectivity index (χ0n) is 16.0. The van der Waals surface area contributed by atoms with Crippen LogP contribution >= 0.6 is 24.0 Å². The van der Waals surface area contributed by atoms with E-state index >= 15 is 0 Å². The molecule has 1 aromatic rings. The number of guanidine groups is 1. The van der Waals surface area contributed by atoms with E-state index in [9.17, 15) is 4.79 Å². The fraction of sp³-hybridized carbons (Fsp3) is 0.500. The monoisotopic (exact) mass is 470 g/mol. The number of halogens is 1. The highest BCUT2D eigenvalue weighted by Crippen LogP contribution is 2.10. The van der Waals surface area contributed by atoms with Gasteiger partial charge in [-0.2, -0.15) is 0 Å². The van der Waals surface area contributed by atoms with Gasteiger partial charge in [0.05, 0.1) is 6.54 Å². The molecule has 2 N–H and O–H groups in total. The molecule has 0 saturated heterocycles. The van der Waals surface area contributed by atoms with Crippen LogP contribution in [0.15, 0.2) is 41.4 Å². The molecule has 1 aliphatic rings. The molecule has 0 radical (unpaired) electrons. The molecule has 0 aromatic heterocycles. The molecular formula is C20H31IN4O. The largest absolute Gasteiger partial charge is 0.357 e. The standard InChI is InChI=1S/C20H30N4O.HI/c1-4-21-20(23-18-9-7-8-10-18)22-15-16-11-13-17(14-12-16)19(25)24(5-2)6-3;/h7-8,11-14,18H,4-6,9-10,15H2,1-3H3,(H2,21,22,23);1H. The van der Waals surface area contributed by atoms with Gasteiger partial charge in [-0.15, -0.1) is 24.0 Å². The van der Waals surface area contributed by atoms with Crippen molar-refractivity contribution in [2.24, 2.45) is 4.99 Å². The number of benzene rings is 1. The van der Waals surface area contributed by atoms with Gasteiger partial charge in [-0.3, -0.25) is 4.79 Å². The zero-order valence-corrected chi connectivity index (χ0v) is 18.3. The fourth-order valence-electron chi connectivity index (χ4n) is 2.86. The Balaban J connectivity index is 0.00000338. The van der Waals surface area contributed by atoms with Gasteiger partial charge in [0.2, 0.25) is 0 Å². The molecule has 26 heavy (non-hydrogen) atoms. The second-order valence-electron chi connectivity index (χ2n) is 6.15. The molecule has 0 spiro atoms. The van der Waals surface area contributed by atoms with Crippen molar-refractivity contribution in [3.63, 3.8) is 0 Å². The van der Waals surface area contributed by atoms with Gasteiger partial charge in [-0.25, -0.2) is 4.99 Å². The minimum absolute atomic E-state index is 0. The Hall–Kier alpha value is -1.57. The number of hydrogen-bond acceptors (Lipinski definition) is 2. The second-order valence-corrected chi connectivity index (χ2v) is 6.15. The van der Waals surface area contributed by atoms with Crippen LogP contribution in [0.25, 0.3) is 0 Å². The molecule has 0 unspecified atom stereocenters. The normalized spacial score (nSPS) is 14.0. The third-order valence-electron chi connectivity index (χ3n) is 4.36. The van der Waals surface area contributed by atoms with Crippen LogP contribution in [0.2, 0.25) is 0 Å². The van der Waals surface area contributed by atoms with E-state index in [-0.39, 0.29) is 29.9 Å². The number of amides is 1. The van der Waals surface area contributed by atoms with Gasteiger partial charge in [-0.05, 0) is 51.3 Å². The molecule has 144 valence electrons. The molecule has 2 rings (SSSR count). The molecule has 1 amide bonds. The molecule has 1 aliphatic carbocycles. The summed E-state index contributed by atoms with van der Waals surface area (Å²) >= 11 is 0. The minimum atomic E-state index is 0. The summed E-state index contributed by atoms with van der Waals surface area (Å²) in [6.07, 6.45) is 6.50. The molecule has 0 saturated carbocycles. The lowest BCUT2D eigenvalue weighted by Gasteiger charge is -2.18. The van der Waals surface area contributed by atoms with Crippen LogP contribution in [0.1, 0.15) is 49.5 Å². The zero-order chi connectivity index (χ0) is 18.1. The summed E-state index contributed by atoms with van der Waals surface area (Å²) in [5, 5.41) is 6.75. The Morgan fingerprint density at radius 3 is 2.27 bits per heavy atom. The summed E-state index contributed by atoms with van der Waals surface area (Å²) in [6, 6.07) is 8.20. The van der Waals surface area contributed by atoms with Gasteiger partial charge >= 0.3 is 0 Å². The van der Waals surface area contributed by atoms with Gasteiger partial charge in [0.25, 0.3) is 5.91 Å². The van der Waals surface area contributed by atoms with Crippen molar-refractivity contribution in [3.8, 4) is 0 Å². The Morgan fingerprint density at radius 2 is 1.73 bits per heavy atom. The molecule has 0 atom stereocenters. The second kappa shape index (κ2) is 11.9. The highest BCUT2D eigenvalue weighted by molar-refractivity contribution is 14.0. The SMILES string of the molecule is CCNC(=NCc1ccc(C(=O)N(CC)CC)cc1)NC1CC=CC1.I. The molecule has 0 fully saturated rings. The van der Waals surface area contributed by atoms with E-state index < -0.39 is 0 Å². The van der Waals surface area contributed by atoms with Crippen molar-refractivity contribution in [2.45, 2.75) is 46.2 Å². The van der Waals surface area contributed by atoms with E-state index in [0.717, 1.165) is 49.6 Å². The van der Waals surface area contributed by atoms with E-state index in [2.05, 4.69) is 34.7 Å². The maximum absolute atomic E-state index is 12.3. The van der Waals surface area contributed by atoms with Crippen LogP contribution in [-0.4, -0.2) is 42.4 Å². The maximum Gasteiger partial charge on any atom is 0.253 e. The number of nitrogens with one attached hydrogen (secondary N) is 2. The maximum atomic E-state index is 12.3. The number of rotatable bonds is 7. The summed E-state index contributed by atoms with van der Waals surface area (Å²) in [7, 11) is 0. The number of nitrogens with zero attached hydrogens (tertiary/aromatic N) is 2. The Bertz CT molecular complexity index is 601. The quantitative estimate of drug-likeness (QED) is 0.277. The predicted molar refractivity (Wildman–Crippen MR) is 119 cm³/mol. The summed E-state index contributed by atoms with van der Waals surface area (Å²) < 4.78 is 0. The van der Waals surface area contributed by atoms with Gasteiger partial charge in [0.15, 0.2) is 5.96 Å². The molecular weight excluding hydrogens is 439 g/mol. The van der Waals surface area contributed by atoms with Crippen LogP contribution < -0.4 is 10.6 Å². The lowest BCUT2D eigenvalue weighted by atomic mass is 10.1. The molecule has 6 heteroatoms. The van der Waals surface area contributed by atoms with E-state index in [4.69, 9.17) is 0 Å².